The maximum Gasteiger partial charge on any atom is 0.255 e. The lowest BCUT2D eigenvalue weighted by atomic mass is 10.2. The lowest BCUT2D eigenvalue weighted by Gasteiger charge is -2.07. The molecule has 0 radical (unpaired) electrons. The summed E-state index contributed by atoms with van der Waals surface area (Å²) in [6.07, 6.45) is 0. The summed E-state index contributed by atoms with van der Waals surface area (Å²) in [4.78, 5) is 13.2. The molecule has 20 heavy (non-hydrogen) atoms. The summed E-state index contributed by atoms with van der Waals surface area (Å²) in [5, 5.41) is 2.90. The minimum Gasteiger partial charge on any atom is -0.322 e. The normalized spacial score (nSPS) is 10.3. The molecule has 1 amide bonds. The van der Waals surface area contributed by atoms with Gasteiger partial charge in [-0.2, -0.15) is 0 Å². The van der Waals surface area contributed by atoms with E-state index in [0.717, 1.165) is 22.7 Å². The number of anilines is 1. The van der Waals surface area contributed by atoms with Gasteiger partial charge in [-0.25, -0.2) is 0 Å². The number of hydrogen-bond donors (Lipinski definition) is 2. The van der Waals surface area contributed by atoms with Crippen LogP contribution >= 0.6 is 11.9 Å². The van der Waals surface area contributed by atoms with Gasteiger partial charge in [-0.1, -0.05) is 19.1 Å². The van der Waals surface area contributed by atoms with E-state index in [-0.39, 0.29) is 5.91 Å². The first-order valence-electron chi connectivity index (χ1n) is 6.57. The van der Waals surface area contributed by atoms with Gasteiger partial charge < -0.3 is 5.32 Å². The SMILES string of the molecule is CCNSc1ccc(C(=O)Nc2cccc(C)c2)cc1. The molecule has 4 heteroatoms. The number of amides is 1. The van der Waals surface area contributed by atoms with Crippen molar-refractivity contribution in [3.05, 3.63) is 59.7 Å². The Labute approximate surface area is 123 Å². The third-order valence-electron chi connectivity index (χ3n) is 2.73. The molecule has 0 aromatic heterocycles. The zero-order valence-corrected chi connectivity index (χ0v) is 12.5. The largest absolute Gasteiger partial charge is 0.322 e. The van der Waals surface area contributed by atoms with Gasteiger partial charge in [0.05, 0.1) is 0 Å². The molecule has 2 aromatic rings. The maximum atomic E-state index is 12.1. The van der Waals surface area contributed by atoms with Crippen LogP contribution in [0, 0.1) is 6.92 Å². The molecule has 104 valence electrons. The van der Waals surface area contributed by atoms with Crippen molar-refractivity contribution in [1.29, 1.82) is 0 Å². The highest BCUT2D eigenvalue weighted by Gasteiger charge is 2.06. The quantitative estimate of drug-likeness (QED) is 0.820. The molecule has 2 N–H and O–H groups in total. The minimum absolute atomic E-state index is 0.0874. The zero-order valence-electron chi connectivity index (χ0n) is 11.6. The summed E-state index contributed by atoms with van der Waals surface area (Å²) < 4.78 is 3.18. The third kappa shape index (κ3) is 4.11. The smallest absolute Gasteiger partial charge is 0.255 e. The molecular formula is C16H18N2OS. The molecule has 0 saturated heterocycles. The molecule has 0 unspecified atom stereocenters. The molecule has 0 aliphatic rings. The van der Waals surface area contributed by atoms with E-state index < -0.39 is 0 Å². The van der Waals surface area contributed by atoms with E-state index in [1.54, 1.807) is 11.9 Å². The second-order valence-corrected chi connectivity index (χ2v) is 5.41. The monoisotopic (exact) mass is 286 g/mol. The van der Waals surface area contributed by atoms with Crippen LogP contribution in [0.5, 0.6) is 0 Å². The van der Waals surface area contributed by atoms with Crippen LogP contribution in [0.3, 0.4) is 0 Å². The van der Waals surface area contributed by atoms with E-state index >= 15 is 0 Å². The molecule has 0 spiro atoms. The van der Waals surface area contributed by atoms with Crippen LogP contribution in [0.4, 0.5) is 5.69 Å². The molecule has 0 fully saturated rings. The van der Waals surface area contributed by atoms with Gasteiger partial charge in [-0.3, -0.25) is 9.52 Å². The fourth-order valence-electron chi connectivity index (χ4n) is 1.76. The number of aryl methyl sites for hydroxylation is 1. The summed E-state index contributed by atoms with van der Waals surface area (Å²) in [6, 6.07) is 15.3. The first-order valence-corrected chi connectivity index (χ1v) is 7.38. The van der Waals surface area contributed by atoms with Crippen molar-refractivity contribution in [3.63, 3.8) is 0 Å². The van der Waals surface area contributed by atoms with E-state index in [4.69, 9.17) is 0 Å². The van der Waals surface area contributed by atoms with Crippen molar-refractivity contribution in [3.8, 4) is 0 Å². The summed E-state index contributed by atoms with van der Waals surface area (Å²) in [7, 11) is 0. The standard InChI is InChI=1S/C16H18N2OS/c1-3-17-20-15-9-7-13(8-10-15)16(19)18-14-6-4-5-12(2)11-14/h4-11,17H,3H2,1-2H3,(H,18,19). The topological polar surface area (TPSA) is 41.1 Å². The van der Waals surface area contributed by atoms with Crippen molar-refractivity contribution in [2.75, 3.05) is 11.9 Å². The summed E-state index contributed by atoms with van der Waals surface area (Å²) in [6.45, 7) is 4.96. The fourth-order valence-corrected chi connectivity index (χ4v) is 2.34. The van der Waals surface area contributed by atoms with Crippen LogP contribution < -0.4 is 10.0 Å². The molecule has 0 atom stereocenters. The van der Waals surface area contributed by atoms with Crippen LogP contribution in [0.25, 0.3) is 0 Å². The van der Waals surface area contributed by atoms with Gasteiger partial charge >= 0.3 is 0 Å². The Morgan fingerprint density at radius 1 is 1.15 bits per heavy atom. The van der Waals surface area contributed by atoms with Gasteiger partial charge in [0.25, 0.3) is 5.91 Å². The van der Waals surface area contributed by atoms with Crippen LogP contribution in [0.1, 0.15) is 22.8 Å². The van der Waals surface area contributed by atoms with Gasteiger partial charge in [0, 0.05) is 22.7 Å². The number of hydrogen-bond acceptors (Lipinski definition) is 3. The average molecular weight is 286 g/mol. The van der Waals surface area contributed by atoms with Crippen LogP contribution in [0.2, 0.25) is 0 Å². The molecule has 0 aliphatic heterocycles. The zero-order chi connectivity index (χ0) is 14.4. The molecule has 0 bridgehead atoms. The Morgan fingerprint density at radius 3 is 2.55 bits per heavy atom. The van der Waals surface area contributed by atoms with Crippen LogP contribution in [-0.4, -0.2) is 12.5 Å². The number of rotatable bonds is 5. The number of carbonyl (C=O) groups excluding carboxylic acids is 1. The van der Waals surface area contributed by atoms with Gasteiger partial charge in [-0.15, -0.1) is 0 Å². The molecule has 2 aromatic carbocycles. The average Bonchev–Trinajstić information content (AvgIpc) is 2.45. The lowest BCUT2D eigenvalue weighted by Crippen LogP contribution is -2.11. The highest BCUT2D eigenvalue weighted by molar-refractivity contribution is 7.97. The Balaban J connectivity index is 2.02. The lowest BCUT2D eigenvalue weighted by molar-refractivity contribution is 0.102. The summed E-state index contributed by atoms with van der Waals surface area (Å²) in [5.41, 5.74) is 2.61. The Bertz CT molecular complexity index is 581. The van der Waals surface area contributed by atoms with Crippen molar-refractivity contribution in [2.45, 2.75) is 18.7 Å². The van der Waals surface area contributed by atoms with Crippen molar-refractivity contribution >= 4 is 23.5 Å². The van der Waals surface area contributed by atoms with Gasteiger partial charge in [0.2, 0.25) is 0 Å². The van der Waals surface area contributed by atoms with E-state index in [1.807, 2.05) is 55.5 Å². The van der Waals surface area contributed by atoms with Crippen molar-refractivity contribution < 1.29 is 4.79 Å². The van der Waals surface area contributed by atoms with Crippen LogP contribution in [-0.2, 0) is 0 Å². The van der Waals surface area contributed by atoms with E-state index in [2.05, 4.69) is 17.0 Å². The third-order valence-corrected chi connectivity index (χ3v) is 3.67. The highest BCUT2D eigenvalue weighted by Crippen LogP contribution is 2.16. The summed E-state index contributed by atoms with van der Waals surface area (Å²) >= 11 is 1.57. The Kier molecular flexibility index (Phi) is 5.21. The van der Waals surface area contributed by atoms with Crippen molar-refractivity contribution in [2.24, 2.45) is 0 Å². The Morgan fingerprint density at radius 2 is 1.90 bits per heavy atom. The van der Waals surface area contributed by atoms with Crippen LogP contribution in [0.15, 0.2) is 53.4 Å². The first kappa shape index (κ1) is 14.6. The van der Waals surface area contributed by atoms with E-state index in [1.165, 1.54) is 0 Å². The predicted molar refractivity (Wildman–Crippen MR) is 85.1 cm³/mol. The van der Waals surface area contributed by atoms with E-state index in [9.17, 15) is 4.79 Å². The molecule has 0 heterocycles. The number of carbonyl (C=O) groups is 1. The number of nitrogens with one attached hydrogen (secondary N) is 2. The highest BCUT2D eigenvalue weighted by atomic mass is 32.2. The predicted octanol–water partition coefficient (Wildman–Crippen LogP) is 3.86. The number of benzene rings is 2. The maximum absolute atomic E-state index is 12.1. The second kappa shape index (κ2) is 7.12. The molecule has 2 rings (SSSR count). The van der Waals surface area contributed by atoms with Gasteiger partial charge in [0.1, 0.15) is 0 Å². The molecule has 0 saturated carbocycles. The Hall–Kier alpha value is -1.78. The molecular weight excluding hydrogens is 268 g/mol. The van der Waals surface area contributed by atoms with E-state index in [0.29, 0.717) is 5.56 Å². The van der Waals surface area contributed by atoms with Gasteiger partial charge in [-0.05, 0) is 60.8 Å². The molecule has 3 nitrogen and oxygen atoms in total. The molecule has 0 aliphatic carbocycles. The van der Waals surface area contributed by atoms with Crippen molar-refractivity contribution in [1.82, 2.24) is 4.72 Å². The summed E-state index contributed by atoms with van der Waals surface area (Å²) in [5.74, 6) is -0.0874. The first-order chi connectivity index (χ1) is 9.69. The minimum atomic E-state index is -0.0874. The second-order valence-electron chi connectivity index (χ2n) is 4.45. The fraction of sp³-hybridized carbons (Fsp3) is 0.188. The van der Waals surface area contributed by atoms with Gasteiger partial charge in [0.15, 0.2) is 0 Å².